The average Bonchev–Trinajstić information content (AvgIpc) is 3.37. The van der Waals surface area contributed by atoms with Gasteiger partial charge in [0.15, 0.2) is 0 Å². The van der Waals surface area contributed by atoms with Crippen LogP contribution in [0, 0.1) is 29.1 Å². The van der Waals surface area contributed by atoms with Crippen molar-refractivity contribution in [3.05, 3.63) is 29.8 Å². The molecule has 2 heterocycles. The van der Waals surface area contributed by atoms with E-state index in [0.717, 1.165) is 69.1 Å². The van der Waals surface area contributed by atoms with Crippen LogP contribution >= 0.6 is 0 Å². The second kappa shape index (κ2) is 11.6. The summed E-state index contributed by atoms with van der Waals surface area (Å²) in [7, 11) is 2.15. The molecule has 4 rings (SSSR count). The molecule has 0 bridgehead atoms. The second-order valence-electron chi connectivity index (χ2n) is 11.0. The van der Waals surface area contributed by atoms with Crippen LogP contribution in [0.15, 0.2) is 24.3 Å². The van der Waals surface area contributed by atoms with Gasteiger partial charge >= 0.3 is 0 Å². The third-order valence-corrected chi connectivity index (χ3v) is 8.75. The normalized spacial score (nSPS) is 28.9. The van der Waals surface area contributed by atoms with Crippen molar-refractivity contribution < 1.29 is 14.3 Å². The van der Waals surface area contributed by atoms with E-state index in [4.69, 9.17) is 4.74 Å². The smallest absolute Gasteiger partial charge is 0.227 e. The number of para-hydroxylation sites is 1. The Morgan fingerprint density at radius 1 is 1.20 bits per heavy atom. The first-order chi connectivity index (χ1) is 17.0. The lowest BCUT2D eigenvalue weighted by Crippen LogP contribution is -2.53. The summed E-state index contributed by atoms with van der Waals surface area (Å²) in [5, 5.41) is 10.3. The van der Waals surface area contributed by atoms with Crippen LogP contribution in [-0.4, -0.2) is 61.3 Å². The zero-order valence-corrected chi connectivity index (χ0v) is 21.5. The van der Waals surface area contributed by atoms with Crippen LogP contribution in [0.25, 0.3) is 0 Å². The van der Waals surface area contributed by atoms with Crippen LogP contribution < -0.4 is 4.74 Å². The fraction of sp³-hybridized carbons (Fsp3) is 0.690. The Bertz CT molecular complexity index is 918. The maximum atomic E-state index is 13.6. The van der Waals surface area contributed by atoms with Gasteiger partial charge in [0.1, 0.15) is 12.0 Å². The van der Waals surface area contributed by atoms with Gasteiger partial charge in [-0.3, -0.25) is 4.79 Å². The van der Waals surface area contributed by atoms with Crippen LogP contribution in [-0.2, 0) is 15.0 Å². The molecule has 1 saturated carbocycles. The summed E-state index contributed by atoms with van der Waals surface area (Å²) < 4.78 is 6.26. The average molecular weight is 480 g/mol. The number of carbonyl (C=O) groups is 2. The van der Waals surface area contributed by atoms with Gasteiger partial charge in [0.05, 0.1) is 24.0 Å². The molecule has 1 aromatic rings. The third kappa shape index (κ3) is 5.56. The molecule has 6 heteroatoms. The lowest BCUT2D eigenvalue weighted by Gasteiger charge is -2.43. The molecule has 0 N–H and O–H groups in total. The number of likely N-dealkylation sites (tertiary alicyclic amines) is 2. The topological polar surface area (TPSA) is 73.6 Å². The fourth-order valence-electron chi connectivity index (χ4n) is 6.60. The predicted molar refractivity (Wildman–Crippen MR) is 136 cm³/mol. The third-order valence-electron chi connectivity index (χ3n) is 8.75. The Morgan fingerprint density at radius 2 is 1.97 bits per heavy atom. The SMILES string of the molecule is CCCC1C(C(=O)N2CCC(C#N)(c3ccccc3OCC3CCC(C=O)C3)CC2)CCCN1C. The maximum absolute atomic E-state index is 13.6. The molecule has 2 saturated heterocycles. The van der Waals surface area contributed by atoms with Gasteiger partial charge in [0.25, 0.3) is 0 Å². The Balaban J connectivity index is 1.42. The van der Waals surface area contributed by atoms with Crippen molar-refractivity contribution in [3.8, 4) is 11.8 Å². The summed E-state index contributed by atoms with van der Waals surface area (Å²) in [6.07, 6.45) is 9.37. The molecule has 4 unspecified atom stereocenters. The number of nitrogens with zero attached hydrogens (tertiary/aromatic N) is 3. The molecule has 3 aliphatic rings. The van der Waals surface area contributed by atoms with Crippen molar-refractivity contribution in [2.75, 3.05) is 33.3 Å². The van der Waals surface area contributed by atoms with Gasteiger partial charge in [-0.1, -0.05) is 31.5 Å². The summed E-state index contributed by atoms with van der Waals surface area (Å²) in [4.78, 5) is 29.0. The van der Waals surface area contributed by atoms with Crippen LogP contribution in [0.2, 0.25) is 0 Å². The zero-order valence-electron chi connectivity index (χ0n) is 21.5. The van der Waals surface area contributed by atoms with Gasteiger partial charge in [-0.2, -0.15) is 5.26 Å². The number of piperidine rings is 2. The zero-order chi connectivity index (χ0) is 24.8. The van der Waals surface area contributed by atoms with E-state index in [1.165, 1.54) is 0 Å². The lowest BCUT2D eigenvalue weighted by molar-refractivity contribution is -0.141. The molecule has 1 amide bonds. The van der Waals surface area contributed by atoms with E-state index < -0.39 is 5.41 Å². The Morgan fingerprint density at radius 3 is 2.66 bits per heavy atom. The molecule has 4 atom stereocenters. The van der Waals surface area contributed by atoms with Crippen molar-refractivity contribution >= 4 is 12.2 Å². The molecule has 3 fully saturated rings. The Hall–Kier alpha value is -2.39. The van der Waals surface area contributed by atoms with E-state index in [1.54, 1.807) is 0 Å². The van der Waals surface area contributed by atoms with Crippen LogP contribution in [0.3, 0.4) is 0 Å². The van der Waals surface area contributed by atoms with E-state index in [-0.39, 0.29) is 17.7 Å². The fourth-order valence-corrected chi connectivity index (χ4v) is 6.60. The number of aldehydes is 1. The van der Waals surface area contributed by atoms with Gasteiger partial charge in [-0.15, -0.1) is 0 Å². The molecule has 0 radical (unpaired) electrons. The number of nitriles is 1. The standard InChI is InChI=1S/C29H41N3O3/c1-3-7-26-24(8-6-15-31(26)2)28(34)32-16-13-29(21-30,14-17-32)25-9-4-5-10-27(25)35-20-23-12-11-22(18-23)19-33/h4-5,9-10,19,22-24,26H,3,6-8,11-18,20H2,1-2H3. The van der Waals surface area contributed by atoms with E-state index >= 15 is 0 Å². The summed E-state index contributed by atoms with van der Waals surface area (Å²) in [5.74, 6) is 1.67. The van der Waals surface area contributed by atoms with E-state index in [0.29, 0.717) is 44.5 Å². The van der Waals surface area contributed by atoms with Gasteiger partial charge in [0.2, 0.25) is 5.91 Å². The van der Waals surface area contributed by atoms with Crippen molar-refractivity contribution in [2.45, 2.75) is 76.2 Å². The second-order valence-corrected chi connectivity index (χ2v) is 11.0. The molecule has 190 valence electrons. The number of hydrogen-bond acceptors (Lipinski definition) is 5. The highest BCUT2D eigenvalue weighted by molar-refractivity contribution is 5.80. The maximum Gasteiger partial charge on any atom is 0.227 e. The molecular formula is C29H41N3O3. The van der Waals surface area contributed by atoms with Gasteiger partial charge in [-0.05, 0) is 76.9 Å². The van der Waals surface area contributed by atoms with Crippen molar-refractivity contribution in [1.29, 1.82) is 5.26 Å². The highest BCUT2D eigenvalue weighted by Gasteiger charge is 2.42. The van der Waals surface area contributed by atoms with Crippen LogP contribution in [0.4, 0.5) is 0 Å². The summed E-state index contributed by atoms with van der Waals surface area (Å²) in [6.45, 7) is 5.08. The summed E-state index contributed by atoms with van der Waals surface area (Å²) in [5.41, 5.74) is 0.307. The minimum Gasteiger partial charge on any atom is -0.493 e. The molecular weight excluding hydrogens is 438 g/mol. The minimum atomic E-state index is -0.638. The van der Waals surface area contributed by atoms with Crippen molar-refractivity contribution in [2.24, 2.45) is 17.8 Å². The monoisotopic (exact) mass is 479 g/mol. The number of carbonyl (C=O) groups excluding carboxylic acids is 2. The van der Waals surface area contributed by atoms with Gasteiger partial charge in [0, 0.05) is 30.6 Å². The van der Waals surface area contributed by atoms with Crippen molar-refractivity contribution in [3.63, 3.8) is 0 Å². The van der Waals surface area contributed by atoms with Crippen LogP contribution in [0.1, 0.15) is 70.3 Å². The van der Waals surface area contributed by atoms with Crippen molar-refractivity contribution in [1.82, 2.24) is 9.80 Å². The largest absolute Gasteiger partial charge is 0.493 e. The number of hydrogen-bond donors (Lipinski definition) is 0. The summed E-state index contributed by atoms with van der Waals surface area (Å²) in [6, 6.07) is 10.9. The number of benzene rings is 1. The molecule has 1 aromatic carbocycles. The highest BCUT2D eigenvalue weighted by atomic mass is 16.5. The van der Waals surface area contributed by atoms with E-state index in [9.17, 15) is 14.9 Å². The van der Waals surface area contributed by atoms with Crippen LogP contribution in [0.5, 0.6) is 5.75 Å². The predicted octanol–water partition coefficient (Wildman–Crippen LogP) is 4.57. The Kier molecular flexibility index (Phi) is 8.49. The van der Waals surface area contributed by atoms with E-state index in [1.807, 2.05) is 29.2 Å². The minimum absolute atomic E-state index is 0.0699. The number of amides is 1. The Labute approximate surface area is 210 Å². The summed E-state index contributed by atoms with van der Waals surface area (Å²) >= 11 is 0. The van der Waals surface area contributed by atoms with Gasteiger partial charge < -0.3 is 19.3 Å². The molecule has 2 aliphatic heterocycles. The number of rotatable bonds is 8. The quantitative estimate of drug-likeness (QED) is 0.511. The first kappa shape index (κ1) is 25.7. The molecule has 35 heavy (non-hydrogen) atoms. The molecule has 0 spiro atoms. The molecule has 6 nitrogen and oxygen atoms in total. The first-order valence-electron chi connectivity index (χ1n) is 13.6. The van der Waals surface area contributed by atoms with Gasteiger partial charge in [-0.25, -0.2) is 0 Å². The highest BCUT2D eigenvalue weighted by Crippen LogP contribution is 2.41. The molecule has 1 aliphatic carbocycles. The molecule has 0 aromatic heterocycles. The van der Waals surface area contributed by atoms with E-state index in [2.05, 4.69) is 24.9 Å². The first-order valence-corrected chi connectivity index (χ1v) is 13.6. The number of ether oxygens (including phenoxy) is 1. The lowest BCUT2D eigenvalue weighted by atomic mass is 9.73.